The van der Waals surface area contributed by atoms with Crippen molar-refractivity contribution in [1.29, 1.82) is 0 Å². The third-order valence-corrected chi connectivity index (χ3v) is 9.81. The zero-order valence-electron chi connectivity index (χ0n) is 40.0. The second kappa shape index (κ2) is 50.2. The van der Waals surface area contributed by atoms with Crippen LogP contribution >= 0.6 is 0 Å². The molecule has 0 aliphatic heterocycles. The Kier molecular flexibility index (Phi) is 46.7. The molecule has 0 aromatic heterocycles. The minimum Gasteiger partial charge on any atom is -0.462 e. The van der Waals surface area contributed by atoms with Gasteiger partial charge in [0.2, 0.25) is 0 Å². The van der Waals surface area contributed by atoms with Crippen molar-refractivity contribution in [2.24, 2.45) is 0 Å². The van der Waals surface area contributed by atoms with Gasteiger partial charge in [-0.05, 0) is 96.3 Å². The molecule has 0 saturated heterocycles. The first-order valence-electron chi connectivity index (χ1n) is 24.8. The lowest BCUT2D eigenvalue weighted by molar-refractivity contribution is -0.167. The molecule has 0 rings (SSSR count). The van der Waals surface area contributed by atoms with Crippen LogP contribution in [0.4, 0.5) is 0 Å². The summed E-state index contributed by atoms with van der Waals surface area (Å²) in [6.07, 6.45) is 70.0. The predicted octanol–water partition coefficient (Wildman–Crippen LogP) is 16.3. The van der Waals surface area contributed by atoms with Crippen molar-refractivity contribution in [3.63, 3.8) is 0 Å². The zero-order chi connectivity index (χ0) is 45.8. The predicted molar refractivity (Wildman–Crippen MR) is 269 cm³/mol. The second-order valence-electron chi connectivity index (χ2n) is 15.8. The maximum Gasteiger partial charge on any atom is 0.306 e. The van der Waals surface area contributed by atoms with Crippen LogP contribution in [0, 0.1) is 0 Å². The summed E-state index contributed by atoms with van der Waals surface area (Å²) in [5.41, 5.74) is 0. The lowest BCUT2D eigenvalue weighted by Gasteiger charge is -2.18. The number of unbranched alkanes of at least 4 members (excludes halogenated alkanes) is 15. The highest BCUT2D eigenvalue weighted by molar-refractivity contribution is 5.71. The summed E-state index contributed by atoms with van der Waals surface area (Å²) in [7, 11) is 0. The molecule has 0 aliphatic carbocycles. The third kappa shape index (κ3) is 48.4. The van der Waals surface area contributed by atoms with Crippen molar-refractivity contribution in [3.8, 4) is 0 Å². The number of carbonyl (C=O) groups is 3. The third-order valence-electron chi connectivity index (χ3n) is 9.81. The Morgan fingerprint density at radius 3 is 1.19 bits per heavy atom. The van der Waals surface area contributed by atoms with E-state index in [9.17, 15) is 14.4 Å². The molecule has 1 atom stereocenters. The van der Waals surface area contributed by atoms with Crippen molar-refractivity contribution >= 4 is 17.9 Å². The maximum absolute atomic E-state index is 12.8. The van der Waals surface area contributed by atoms with Crippen LogP contribution in [0.25, 0.3) is 0 Å². The standard InChI is InChI=1S/C57H88O6/c1-4-7-10-13-16-19-22-25-27-28-29-30-31-33-35-38-41-44-47-50-56(59)62-53-54(52-61-55(58)49-46-43-40-37-34-24-21-18-15-12-9-6-3)63-57(60)51-48-45-42-39-36-32-26-23-20-17-14-11-8-5-2/h7-8,10-11,13,16-22,25-33,35,54H,4-6,9,12,14-15,23-24,34,36-53H2,1-3H3/b10-7-,11-8-,16-13-,20-17-,21-18-,22-19-,27-25-,29-28+,31-30-,32-26-,35-33-. The van der Waals surface area contributed by atoms with Crippen molar-refractivity contribution in [3.05, 3.63) is 134 Å². The summed E-state index contributed by atoms with van der Waals surface area (Å²) in [4.78, 5) is 37.9. The summed E-state index contributed by atoms with van der Waals surface area (Å²) >= 11 is 0. The van der Waals surface area contributed by atoms with E-state index in [1.165, 1.54) is 32.1 Å². The Morgan fingerprint density at radius 2 is 0.698 bits per heavy atom. The van der Waals surface area contributed by atoms with Crippen molar-refractivity contribution < 1.29 is 28.6 Å². The van der Waals surface area contributed by atoms with Crippen LogP contribution in [-0.2, 0) is 28.6 Å². The van der Waals surface area contributed by atoms with E-state index in [1.807, 2.05) is 72.9 Å². The molecule has 63 heavy (non-hydrogen) atoms. The maximum atomic E-state index is 12.8. The molecule has 0 aromatic carbocycles. The normalized spacial score (nSPS) is 13.3. The number of hydrogen-bond acceptors (Lipinski definition) is 6. The van der Waals surface area contributed by atoms with Crippen LogP contribution in [-0.4, -0.2) is 37.2 Å². The summed E-state index contributed by atoms with van der Waals surface area (Å²) in [5.74, 6) is -1.00. The Balaban J connectivity index is 4.56. The van der Waals surface area contributed by atoms with E-state index >= 15 is 0 Å². The molecule has 0 radical (unpaired) electrons. The largest absolute Gasteiger partial charge is 0.462 e. The molecule has 1 unspecified atom stereocenters. The van der Waals surface area contributed by atoms with Gasteiger partial charge in [-0.1, -0.05) is 206 Å². The van der Waals surface area contributed by atoms with Gasteiger partial charge in [-0.25, -0.2) is 0 Å². The SMILES string of the molecule is CC\C=C/C=C\C=C/C=C\C=C\C=C/C=C\CCCCCC(=O)OCC(COC(=O)CCCCCCC/C=C\CCCCC)OC(=O)CCCCCC/C=C\C/C=C\C/C=C\CC. The molecule has 0 bridgehead atoms. The van der Waals surface area contributed by atoms with E-state index in [4.69, 9.17) is 14.2 Å². The minimum atomic E-state index is -0.816. The van der Waals surface area contributed by atoms with E-state index in [0.29, 0.717) is 12.8 Å². The van der Waals surface area contributed by atoms with E-state index in [-0.39, 0.29) is 37.5 Å². The lowest BCUT2D eigenvalue weighted by atomic mass is 10.1. The molecule has 0 aromatic rings. The summed E-state index contributed by atoms with van der Waals surface area (Å²) in [6.45, 7) is 6.26. The van der Waals surface area contributed by atoms with Crippen LogP contribution in [0.2, 0.25) is 0 Å². The number of esters is 3. The molecule has 6 nitrogen and oxygen atoms in total. The fraction of sp³-hybridized carbons (Fsp3) is 0.561. The highest BCUT2D eigenvalue weighted by Crippen LogP contribution is 2.12. The van der Waals surface area contributed by atoms with Crippen LogP contribution in [0.5, 0.6) is 0 Å². The van der Waals surface area contributed by atoms with Gasteiger partial charge in [-0.2, -0.15) is 0 Å². The lowest BCUT2D eigenvalue weighted by Crippen LogP contribution is -2.30. The second-order valence-corrected chi connectivity index (χ2v) is 15.8. The number of rotatable bonds is 42. The number of ether oxygens (including phenoxy) is 3. The molecular weight excluding hydrogens is 781 g/mol. The van der Waals surface area contributed by atoms with Gasteiger partial charge in [0.25, 0.3) is 0 Å². The van der Waals surface area contributed by atoms with Crippen LogP contribution < -0.4 is 0 Å². The average Bonchev–Trinajstić information content (AvgIpc) is 3.28. The highest BCUT2D eigenvalue weighted by atomic mass is 16.6. The Labute approximate surface area is 385 Å². The van der Waals surface area contributed by atoms with Crippen LogP contribution in [0.15, 0.2) is 134 Å². The van der Waals surface area contributed by atoms with E-state index < -0.39 is 6.10 Å². The number of carbonyl (C=O) groups excluding carboxylic acids is 3. The molecule has 0 spiro atoms. The average molecular weight is 869 g/mol. The summed E-state index contributed by atoms with van der Waals surface area (Å²) < 4.78 is 16.7. The van der Waals surface area contributed by atoms with Gasteiger partial charge in [-0.3, -0.25) is 14.4 Å². The van der Waals surface area contributed by atoms with Gasteiger partial charge in [0.15, 0.2) is 6.10 Å². The van der Waals surface area contributed by atoms with Gasteiger partial charge in [0, 0.05) is 19.3 Å². The molecule has 352 valence electrons. The Morgan fingerprint density at radius 1 is 0.349 bits per heavy atom. The van der Waals surface area contributed by atoms with Crippen molar-refractivity contribution in [1.82, 2.24) is 0 Å². The number of allylic oxidation sites excluding steroid dienone is 22. The van der Waals surface area contributed by atoms with E-state index in [1.54, 1.807) is 0 Å². The monoisotopic (exact) mass is 869 g/mol. The molecule has 0 heterocycles. The smallest absolute Gasteiger partial charge is 0.306 e. The van der Waals surface area contributed by atoms with Crippen molar-refractivity contribution in [2.75, 3.05) is 13.2 Å². The van der Waals surface area contributed by atoms with E-state index in [0.717, 1.165) is 116 Å². The number of hydrogen-bond donors (Lipinski definition) is 0. The fourth-order valence-electron chi connectivity index (χ4n) is 6.14. The molecule has 6 heteroatoms. The molecule has 0 amide bonds. The molecular formula is C57H88O6. The zero-order valence-corrected chi connectivity index (χ0v) is 40.0. The van der Waals surface area contributed by atoms with Gasteiger partial charge < -0.3 is 14.2 Å². The molecule has 0 saturated carbocycles. The van der Waals surface area contributed by atoms with Gasteiger partial charge in [0.05, 0.1) is 0 Å². The highest BCUT2D eigenvalue weighted by Gasteiger charge is 2.19. The summed E-state index contributed by atoms with van der Waals surface area (Å²) in [6, 6.07) is 0. The van der Waals surface area contributed by atoms with Gasteiger partial charge in [0.1, 0.15) is 13.2 Å². The Hall–Kier alpha value is -4.45. The first-order valence-corrected chi connectivity index (χ1v) is 24.8. The van der Waals surface area contributed by atoms with Crippen LogP contribution in [0.3, 0.4) is 0 Å². The Bertz CT molecular complexity index is 1420. The quantitative estimate of drug-likeness (QED) is 0.0200. The van der Waals surface area contributed by atoms with Gasteiger partial charge in [-0.15, -0.1) is 0 Å². The van der Waals surface area contributed by atoms with E-state index in [2.05, 4.69) is 81.5 Å². The first kappa shape index (κ1) is 58.6. The van der Waals surface area contributed by atoms with Gasteiger partial charge >= 0.3 is 17.9 Å². The molecule has 0 N–H and O–H groups in total. The first-order chi connectivity index (χ1) is 31.0. The molecule has 0 fully saturated rings. The molecule has 0 aliphatic rings. The minimum absolute atomic E-state index is 0.112. The van der Waals surface area contributed by atoms with Crippen LogP contribution in [0.1, 0.15) is 188 Å². The fourth-order valence-corrected chi connectivity index (χ4v) is 6.14. The van der Waals surface area contributed by atoms with Crippen molar-refractivity contribution in [2.45, 2.75) is 194 Å². The summed E-state index contributed by atoms with van der Waals surface area (Å²) in [5, 5.41) is 0. The topological polar surface area (TPSA) is 78.9 Å².